The second-order valence-electron chi connectivity index (χ2n) is 7.08. The minimum absolute atomic E-state index is 0.0254. The Morgan fingerprint density at radius 2 is 1.64 bits per heavy atom. The van der Waals surface area contributed by atoms with Crippen molar-refractivity contribution in [3.63, 3.8) is 0 Å². The van der Waals surface area contributed by atoms with Crippen molar-refractivity contribution >= 4 is 23.5 Å². The van der Waals surface area contributed by atoms with Crippen molar-refractivity contribution in [1.29, 1.82) is 0 Å². The van der Waals surface area contributed by atoms with Crippen LogP contribution in [0, 0.1) is 5.92 Å². The molecule has 138 valence electrons. The van der Waals surface area contributed by atoms with E-state index >= 15 is 0 Å². The first-order valence-electron chi connectivity index (χ1n) is 8.33. The number of carbonyl (C=O) groups excluding carboxylic acids is 3. The van der Waals surface area contributed by atoms with Crippen LogP contribution in [0.15, 0.2) is 24.3 Å². The highest BCUT2D eigenvalue weighted by Gasteiger charge is 2.33. The summed E-state index contributed by atoms with van der Waals surface area (Å²) in [4.78, 5) is 35.8. The van der Waals surface area contributed by atoms with Crippen LogP contribution in [0.25, 0.3) is 0 Å². The molecule has 0 radical (unpaired) electrons. The lowest BCUT2D eigenvalue weighted by Crippen LogP contribution is -2.56. The van der Waals surface area contributed by atoms with Crippen LogP contribution in [0.5, 0.6) is 0 Å². The fraction of sp³-hybridized carbons (Fsp3) is 0.500. The Morgan fingerprint density at radius 1 is 1.08 bits per heavy atom. The van der Waals surface area contributed by atoms with Gasteiger partial charge in [0.1, 0.15) is 5.54 Å². The largest absolute Gasteiger partial charge is 0.368 e. The minimum atomic E-state index is -1.11. The van der Waals surface area contributed by atoms with Crippen molar-refractivity contribution in [3.8, 4) is 0 Å². The van der Waals surface area contributed by atoms with Crippen LogP contribution in [0.2, 0.25) is 0 Å². The first-order valence-corrected chi connectivity index (χ1v) is 8.33. The SMILES string of the molecule is CC(C)C[C@@](C)(NC(=O)c1ccc(NC(=O)NC(C)C)cc1)C(N)=O. The van der Waals surface area contributed by atoms with Gasteiger partial charge in [-0.15, -0.1) is 0 Å². The van der Waals surface area contributed by atoms with Crippen LogP contribution in [0.1, 0.15) is 51.4 Å². The molecule has 7 nitrogen and oxygen atoms in total. The molecule has 0 aliphatic carbocycles. The summed E-state index contributed by atoms with van der Waals surface area (Å²) in [6.45, 7) is 9.26. The molecule has 25 heavy (non-hydrogen) atoms. The van der Waals surface area contributed by atoms with Gasteiger partial charge in [0.05, 0.1) is 0 Å². The number of hydrogen-bond donors (Lipinski definition) is 4. The molecule has 0 heterocycles. The predicted octanol–water partition coefficient (Wildman–Crippen LogP) is 2.24. The number of rotatable bonds is 7. The van der Waals surface area contributed by atoms with Crippen molar-refractivity contribution in [2.24, 2.45) is 11.7 Å². The quantitative estimate of drug-likeness (QED) is 0.606. The Labute approximate surface area is 148 Å². The van der Waals surface area contributed by atoms with Crippen LogP contribution < -0.4 is 21.7 Å². The number of anilines is 1. The zero-order valence-corrected chi connectivity index (χ0v) is 15.5. The van der Waals surface area contributed by atoms with E-state index in [1.807, 2.05) is 27.7 Å². The van der Waals surface area contributed by atoms with Crippen molar-refractivity contribution in [2.75, 3.05) is 5.32 Å². The molecule has 0 unspecified atom stereocenters. The molecular formula is C18H28N4O3. The number of urea groups is 1. The van der Waals surface area contributed by atoms with E-state index in [-0.39, 0.29) is 23.9 Å². The number of benzene rings is 1. The molecular weight excluding hydrogens is 320 g/mol. The van der Waals surface area contributed by atoms with Crippen molar-refractivity contribution < 1.29 is 14.4 Å². The van der Waals surface area contributed by atoms with Crippen LogP contribution in [-0.2, 0) is 4.79 Å². The molecule has 0 aliphatic rings. The van der Waals surface area contributed by atoms with Gasteiger partial charge < -0.3 is 21.7 Å². The Bertz CT molecular complexity index is 626. The smallest absolute Gasteiger partial charge is 0.319 e. The minimum Gasteiger partial charge on any atom is -0.368 e. The van der Waals surface area contributed by atoms with Crippen molar-refractivity contribution in [3.05, 3.63) is 29.8 Å². The highest BCUT2D eigenvalue weighted by Crippen LogP contribution is 2.18. The van der Waals surface area contributed by atoms with Gasteiger partial charge >= 0.3 is 6.03 Å². The van der Waals surface area contributed by atoms with E-state index in [1.54, 1.807) is 31.2 Å². The summed E-state index contributed by atoms with van der Waals surface area (Å²) in [5, 5.41) is 8.10. The van der Waals surface area contributed by atoms with E-state index in [0.717, 1.165) is 0 Å². The summed E-state index contributed by atoms with van der Waals surface area (Å²) >= 11 is 0. The van der Waals surface area contributed by atoms with Gasteiger partial charge in [0, 0.05) is 17.3 Å². The summed E-state index contributed by atoms with van der Waals surface area (Å²) in [5.41, 5.74) is 5.29. The summed E-state index contributed by atoms with van der Waals surface area (Å²) in [6.07, 6.45) is 0.448. The molecule has 0 saturated carbocycles. The monoisotopic (exact) mass is 348 g/mol. The lowest BCUT2D eigenvalue weighted by molar-refractivity contribution is -0.124. The number of primary amides is 1. The first kappa shape index (κ1) is 20.5. The first-order chi connectivity index (χ1) is 11.5. The third-order valence-corrected chi connectivity index (χ3v) is 3.57. The molecule has 1 atom stereocenters. The summed E-state index contributed by atoms with van der Waals surface area (Å²) in [7, 11) is 0. The maximum atomic E-state index is 12.4. The number of carbonyl (C=O) groups is 3. The molecule has 1 rings (SSSR count). The third kappa shape index (κ3) is 6.45. The fourth-order valence-electron chi connectivity index (χ4n) is 2.49. The van der Waals surface area contributed by atoms with Gasteiger partial charge in [-0.3, -0.25) is 9.59 Å². The highest BCUT2D eigenvalue weighted by atomic mass is 16.2. The Balaban J connectivity index is 2.79. The average Bonchev–Trinajstić information content (AvgIpc) is 2.45. The fourth-order valence-corrected chi connectivity index (χ4v) is 2.49. The Kier molecular flexibility index (Phi) is 6.97. The normalized spacial score (nSPS) is 13.2. The average molecular weight is 348 g/mol. The van der Waals surface area contributed by atoms with Crippen molar-refractivity contribution in [1.82, 2.24) is 10.6 Å². The maximum absolute atomic E-state index is 12.4. The topological polar surface area (TPSA) is 113 Å². The lowest BCUT2D eigenvalue weighted by atomic mass is 9.89. The highest BCUT2D eigenvalue weighted by molar-refractivity contribution is 5.99. The summed E-state index contributed by atoms with van der Waals surface area (Å²) < 4.78 is 0. The van der Waals surface area contributed by atoms with Gasteiger partial charge in [0.25, 0.3) is 5.91 Å². The molecule has 7 heteroatoms. The van der Waals surface area contributed by atoms with Gasteiger partial charge in [-0.25, -0.2) is 4.79 Å². The molecule has 0 aromatic heterocycles. The molecule has 0 fully saturated rings. The number of amides is 4. The van der Waals surface area contributed by atoms with Crippen molar-refractivity contribution in [2.45, 2.75) is 52.6 Å². The Hall–Kier alpha value is -2.57. The molecule has 0 spiro atoms. The second-order valence-corrected chi connectivity index (χ2v) is 7.08. The summed E-state index contributed by atoms with van der Waals surface area (Å²) in [6, 6.07) is 6.12. The number of hydrogen-bond acceptors (Lipinski definition) is 3. The van der Waals surface area contributed by atoms with Gasteiger partial charge in [-0.1, -0.05) is 13.8 Å². The van der Waals surface area contributed by atoms with Crippen LogP contribution in [-0.4, -0.2) is 29.4 Å². The van der Waals surface area contributed by atoms with Crippen LogP contribution >= 0.6 is 0 Å². The molecule has 0 aliphatic heterocycles. The van der Waals surface area contributed by atoms with E-state index < -0.39 is 11.4 Å². The number of nitrogens with one attached hydrogen (secondary N) is 3. The van der Waals surface area contributed by atoms with Crippen LogP contribution in [0.3, 0.4) is 0 Å². The van der Waals surface area contributed by atoms with E-state index in [0.29, 0.717) is 17.7 Å². The lowest BCUT2D eigenvalue weighted by Gasteiger charge is -2.29. The molecule has 0 saturated heterocycles. The van der Waals surface area contributed by atoms with Gasteiger partial charge in [-0.2, -0.15) is 0 Å². The zero-order valence-electron chi connectivity index (χ0n) is 15.5. The predicted molar refractivity (Wildman–Crippen MR) is 98.3 cm³/mol. The van der Waals surface area contributed by atoms with E-state index in [9.17, 15) is 14.4 Å². The van der Waals surface area contributed by atoms with E-state index in [2.05, 4.69) is 16.0 Å². The standard InChI is InChI=1S/C18H28N4O3/c1-11(2)10-18(5,16(19)24)22-15(23)13-6-8-14(9-7-13)21-17(25)20-12(3)4/h6-9,11-12H,10H2,1-5H3,(H2,19,24)(H,22,23)(H2,20,21,25)/t18-/m1/s1. The van der Waals surface area contributed by atoms with Gasteiger partial charge in [0.2, 0.25) is 5.91 Å². The van der Waals surface area contributed by atoms with E-state index in [4.69, 9.17) is 5.73 Å². The molecule has 5 N–H and O–H groups in total. The molecule has 1 aromatic rings. The molecule has 1 aromatic carbocycles. The maximum Gasteiger partial charge on any atom is 0.319 e. The van der Waals surface area contributed by atoms with Gasteiger partial charge in [0.15, 0.2) is 0 Å². The Morgan fingerprint density at radius 3 is 2.08 bits per heavy atom. The summed E-state index contributed by atoms with van der Waals surface area (Å²) in [5.74, 6) is -0.762. The van der Waals surface area contributed by atoms with Gasteiger partial charge in [-0.05, 0) is 57.4 Å². The molecule has 0 bridgehead atoms. The second kappa shape index (κ2) is 8.50. The molecule has 4 amide bonds. The van der Waals surface area contributed by atoms with Crippen LogP contribution in [0.4, 0.5) is 10.5 Å². The van der Waals surface area contributed by atoms with E-state index in [1.165, 1.54) is 0 Å². The zero-order chi connectivity index (χ0) is 19.2. The third-order valence-electron chi connectivity index (χ3n) is 3.57. The number of nitrogens with two attached hydrogens (primary N) is 1.